The predicted molar refractivity (Wildman–Crippen MR) is 85.9 cm³/mol. The van der Waals surface area contributed by atoms with Crippen molar-refractivity contribution in [1.29, 1.82) is 0 Å². The normalized spacial score (nSPS) is 12.4. The van der Waals surface area contributed by atoms with Crippen LogP contribution in [0.1, 0.15) is 23.6 Å². The van der Waals surface area contributed by atoms with Gasteiger partial charge in [-0.15, -0.1) is 19.0 Å². The molecular formula is C17H17ClF3N. The van der Waals surface area contributed by atoms with Gasteiger partial charge in [-0.25, -0.2) is 0 Å². The van der Waals surface area contributed by atoms with Crippen LogP contribution in [-0.2, 0) is 6.18 Å². The van der Waals surface area contributed by atoms with Crippen LogP contribution in [0.15, 0.2) is 61.2 Å². The highest BCUT2D eigenvalue weighted by Gasteiger charge is 2.29. The van der Waals surface area contributed by atoms with Crippen molar-refractivity contribution < 1.29 is 13.2 Å². The summed E-state index contributed by atoms with van der Waals surface area (Å²) in [6.07, 6.45) is -1.87. The zero-order chi connectivity index (χ0) is 15.5. The van der Waals surface area contributed by atoms with Gasteiger partial charge in [0.05, 0.1) is 5.56 Å². The van der Waals surface area contributed by atoms with E-state index in [2.05, 4.69) is 6.58 Å². The average molecular weight is 328 g/mol. The predicted octanol–water partition coefficient (Wildman–Crippen LogP) is 5.37. The Bertz CT molecular complexity index is 603. The molecule has 0 aromatic heterocycles. The molecule has 1 atom stereocenters. The summed E-state index contributed by atoms with van der Waals surface area (Å²) in [5, 5.41) is 0. The van der Waals surface area contributed by atoms with Crippen molar-refractivity contribution in [3.63, 3.8) is 0 Å². The van der Waals surface area contributed by atoms with Crippen molar-refractivity contribution in [3.05, 3.63) is 72.3 Å². The summed E-state index contributed by atoms with van der Waals surface area (Å²) in [4.78, 5) is 0. The van der Waals surface area contributed by atoms with Gasteiger partial charge in [0.1, 0.15) is 0 Å². The van der Waals surface area contributed by atoms with E-state index in [1.807, 2.05) is 24.3 Å². The van der Waals surface area contributed by atoms with E-state index in [4.69, 9.17) is 5.73 Å². The minimum absolute atomic E-state index is 0. The first kappa shape index (κ1) is 18.3. The van der Waals surface area contributed by atoms with Crippen LogP contribution in [0.25, 0.3) is 11.1 Å². The first-order chi connectivity index (χ1) is 9.91. The maximum Gasteiger partial charge on any atom is 0.416 e. The van der Waals surface area contributed by atoms with Crippen LogP contribution in [0.5, 0.6) is 0 Å². The van der Waals surface area contributed by atoms with Crippen molar-refractivity contribution in [1.82, 2.24) is 0 Å². The van der Waals surface area contributed by atoms with Gasteiger partial charge in [0.2, 0.25) is 0 Å². The highest BCUT2D eigenvalue weighted by Crippen LogP contribution is 2.31. The highest BCUT2D eigenvalue weighted by atomic mass is 35.5. The van der Waals surface area contributed by atoms with E-state index in [-0.39, 0.29) is 18.4 Å². The van der Waals surface area contributed by atoms with E-state index in [1.54, 1.807) is 6.08 Å². The Kier molecular flexibility index (Phi) is 6.21. The molecule has 0 saturated carbocycles. The molecule has 0 aliphatic carbocycles. The van der Waals surface area contributed by atoms with Crippen molar-refractivity contribution in [2.24, 2.45) is 5.73 Å². The molecule has 0 aliphatic heterocycles. The Morgan fingerprint density at radius 1 is 0.955 bits per heavy atom. The van der Waals surface area contributed by atoms with Gasteiger partial charge in [-0.3, -0.25) is 0 Å². The van der Waals surface area contributed by atoms with E-state index < -0.39 is 11.7 Å². The number of hydrogen-bond acceptors (Lipinski definition) is 1. The molecule has 0 spiro atoms. The Balaban J connectivity index is 0.00000242. The fourth-order valence-corrected chi connectivity index (χ4v) is 2.09. The molecule has 0 saturated heterocycles. The number of benzene rings is 2. The zero-order valence-corrected chi connectivity index (χ0v) is 12.6. The van der Waals surface area contributed by atoms with Crippen LogP contribution in [0.4, 0.5) is 13.2 Å². The molecule has 2 aromatic carbocycles. The largest absolute Gasteiger partial charge is 0.416 e. The number of alkyl halides is 3. The summed E-state index contributed by atoms with van der Waals surface area (Å²) in [5.74, 6) is 0. The van der Waals surface area contributed by atoms with Crippen LogP contribution in [0.2, 0.25) is 0 Å². The summed E-state index contributed by atoms with van der Waals surface area (Å²) >= 11 is 0. The fourth-order valence-electron chi connectivity index (χ4n) is 2.09. The molecule has 2 N–H and O–H groups in total. The van der Waals surface area contributed by atoms with Crippen LogP contribution >= 0.6 is 12.4 Å². The molecule has 0 aliphatic rings. The summed E-state index contributed by atoms with van der Waals surface area (Å²) in [5.41, 5.74) is 7.90. The molecule has 1 nitrogen and oxygen atoms in total. The van der Waals surface area contributed by atoms with Crippen LogP contribution in [0, 0.1) is 0 Å². The third kappa shape index (κ3) is 4.36. The zero-order valence-electron chi connectivity index (χ0n) is 11.8. The second-order valence-corrected chi connectivity index (χ2v) is 4.83. The molecule has 118 valence electrons. The molecular weight excluding hydrogens is 311 g/mol. The quantitative estimate of drug-likeness (QED) is 0.751. The van der Waals surface area contributed by atoms with Gasteiger partial charge in [-0.1, -0.05) is 42.5 Å². The third-order valence-electron chi connectivity index (χ3n) is 3.30. The first-order valence-electron chi connectivity index (χ1n) is 6.56. The molecule has 0 bridgehead atoms. The van der Waals surface area contributed by atoms with Crippen molar-refractivity contribution in [3.8, 4) is 11.1 Å². The van der Waals surface area contributed by atoms with Gasteiger partial charge < -0.3 is 5.73 Å². The van der Waals surface area contributed by atoms with Gasteiger partial charge in [0.25, 0.3) is 0 Å². The van der Waals surface area contributed by atoms with E-state index >= 15 is 0 Å². The Labute approximate surface area is 134 Å². The van der Waals surface area contributed by atoms with Crippen molar-refractivity contribution in [2.75, 3.05) is 0 Å². The number of nitrogens with two attached hydrogens (primary N) is 1. The Hall–Kier alpha value is -1.78. The average Bonchev–Trinajstić information content (AvgIpc) is 2.47. The van der Waals surface area contributed by atoms with Crippen LogP contribution in [-0.4, -0.2) is 0 Å². The smallest absolute Gasteiger partial charge is 0.324 e. The van der Waals surface area contributed by atoms with Crippen LogP contribution in [0.3, 0.4) is 0 Å². The minimum atomic E-state index is -4.31. The molecule has 5 heteroatoms. The molecule has 0 unspecified atom stereocenters. The summed E-state index contributed by atoms with van der Waals surface area (Å²) in [6.45, 7) is 3.65. The summed E-state index contributed by atoms with van der Waals surface area (Å²) in [7, 11) is 0. The van der Waals surface area contributed by atoms with Gasteiger partial charge in [0.15, 0.2) is 0 Å². The first-order valence-corrected chi connectivity index (χ1v) is 6.56. The van der Waals surface area contributed by atoms with Gasteiger partial charge in [-0.05, 0) is 35.2 Å². The van der Waals surface area contributed by atoms with E-state index in [9.17, 15) is 13.2 Å². The maximum atomic E-state index is 12.5. The molecule has 0 heterocycles. The SMILES string of the molecule is C=CC[C@@H](N)c1ccc(-c2ccc(C(F)(F)F)cc2)cc1.Cl. The van der Waals surface area contributed by atoms with Crippen LogP contribution < -0.4 is 5.73 Å². The van der Waals surface area contributed by atoms with E-state index in [1.165, 1.54) is 12.1 Å². The van der Waals surface area contributed by atoms with Crippen molar-refractivity contribution in [2.45, 2.75) is 18.6 Å². The lowest BCUT2D eigenvalue weighted by molar-refractivity contribution is -0.137. The fraction of sp³-hybridized carbons (Fsp3) is 0.176. The topological polar surface area (TPSA) is 26.0 Å². The second kappa shape index (κ2) is 7.47. The molecule has 0 fully saturated rings. The maximum absolute atomic E-state index is 12.5. The van der Waals surface area contributed by atoms with Gasteiger partial charge >= 0.3 is 6.18 Å². The summed E-state index contributed by atoms with van der Waals surface area (Å²) < 4.78 is 37.5. The monoisotopic (exact) mass is 327 g/mol. The molecule has 22 heavy (non-hydrogen) atoms. The Morgan fingerprint density at radius 3 is 1.82 bits per heavy atom. The minimum Gasteiger partial charge on any atom is -0.324 e. The number of hydrogen-bond donors (Lipinski definition) is 1. The molecule has 2 aromatic rings. The lowest BCUT2D eigenvalue weighted by atomic mass is 9.99. The number of rotatable bonds is 4. The number of halogens is 4. The molecule has 0 amide bonds. The summed E-state index contributed by atoms with van der Waals surface area (Å²) in [6, 6.07) is 12.5. The molecule has 2 rings (SSSR count). The highest BCUT2D eigenvalue weighted by molar-refractivity contribution is 5.85. The van der Waals surface area contributed by atoms with E-state index in [0.717, 1.165) is 28.8 Å². The Morgan fingerprint density at radius 2 is 1.41 bits per heavy atom. The van der Waals surface area contributed by atoms with Crippen molar-refractivity contribution >= 4 is 12.4 Å². The lowest BCUT2D eigenvalue weighted by Gasteiger charge is -2.11. The van der Waals surface area contributed by atoms with Gasteiger partial charge in [0, 0.05) is 6.04 Å². The molecule has 0 radical (unpaired) electrons. The third-order valence-corrected chi connectivity index (χ3v) is 3.30. The van der Waals surface area contributed by atoms with Gasteiger partial charge in [-0.2, -0.15) is 13.2 Å². The van der Waals surface area contributed by atoms with E-state index in [0.29, 0.717) is 6.42 Å². The second-order valence-electron chi connectivity index (χ2n) is 4.83. The standard InChI is InChI=1S/C17H16F3N.ClH/c1-2-3-16(21)14-6-4-12(5-7-14)13-8-10-15(11-9-13)17(18,19)20;/h2,4-11,16H,1,3,21H2;1H/t16-;/m1./s1. The lowest BCUT2D eigenvalue weighted by Crippen LogP contribution is -2.08.